The molecular weight excluding hydrogens is 1900 g/mol. The molecule has 0 fully saturated rings. The summed E-state index contributed by atoms with van der Waals surface area (Å²) in [6, 6.07) is 139. The predicted molar refractivity (Wildman–Crippen MR) is 564 cm³/mol. The molecule has 3 atom stereocenters. The highest BCUT2D eigenvalue weighted by atomic mass is 32.2. The first-order chi connectivity index (χ1) is 68.5. The third-order valence-corrected chi connectivity index (χ3v) is 32.0. The lowest BCUT2D eigenvalue weighted by molar-refractivity contribution is -0.137. The van der Waals surface area contributed by atoms with E-state index in [0.29, 0.717) is 62.6 Å². The largest absolute Gasteiger partial charge is 0.744 e. The molecule has 0 aromatic heterocycles. The van der Waals surface area contributed by atoms with Crippen molar-refractivity contribution < 1.29 is 77.0 Å². The van der Waals surface area contributed by atoms with Gasteiger partial charge in [-0.25, -0.2) is 34.8 Å². The average molecular weight is 2010 g/mol. The van der Waals surface area contributed by atoms with Gasteiger partial charge in [-0.1, -0.05) is 265 Å². The number of hydrogen-bond acceptors (Lipinski definition) is 17. The van der Waals surface area contributed by atoms with Crippen molar-refractivity contribution in [3.05, 3.63) is 459 Å². The fraction of sp³-hybridized carbons (Fsp3) is 0.144. The van der Waals surface area contributed by atoms with E-state index in [1.165, 1.54) is 140 Å². The molecule has 0 aliphatic carbocycles. The number of fused-ring (bicyclic) bond motifs is 2. The number of esters is 2. The van der Waals surface area contributed by atoms with Gasteiger partial charge in [-0.2, -0.15) is 0 Å². The zero-order valence-electron chi connectivity index (χ0n) is 79.9. The van der Waals surface area contributed by atoms with E-state index in [4.69, 9.17) is 23.7 Å². The molecule has 0 bridgehead atoms. The second-order valence-corrected chi connectivity index (χ2v) is 43.1. The Morgan fingerprint density at radius 2 is 0.549 bits per heavy atom. The summed E-state index contributed by atoms with van der Waals surface area (Å²) in [6.45, 7) is 15.8. The number of aryl methyl sites for hydroxylation is 2. The summed E-state index contributed by atoms with van der Waals surface area (Å²) in [5, 5.41) is 5.01. The molecule has 17 aromatic rings. The lowest BCUT2D eigenvalue weighted by Crippen LogP contribution is -2.20. The topological polar surface area (TPSA) is 281 Å². The minimum absolute atomic E-state index is 0.0146. The summed E-state index contributed by atoms with van der Waals surface area (Å²) in [5.41, 5.74) is 5.62. The van der Waals surface area contributed by atoms with Crippen LogP contribution in [0.4, 0.5) is 5.69 Å². The zero-order chi connectivity index (χ0) is 101. The van der Waals surface area contributed by atoms with Crippen LogP contribution in [0.5, 0.6) is 28.7 Å². The Kier molecular flexibility index (Phi) is 39.8. The number of hydrogen-bond donors (Lipinski definition) is 1. The quantitative estimate of drug-likeness (QED) is 0.0189. The smallest absolute Gasteiger partial charge is 0.349 e. The Labute approximate surface area is 842 Å². The van der Waals surface area contributed by atoms with Crippen LogP contribution in [-0.2, 0) is 77.4 Å². The molecule has 1 N–H and O–H groups in total. The van der Waals surface area contributed by atoms with Crippen molar-refractivity contribution in [3.63, 3.8) is 0 Å². The Bertz CT molecular complexity index is 6920. The van der Waals surface area contributed by atoms with Gasteiger partial charge in [0.05, 0.1) is 47.4 Å². The van der Waals surface area contributed by atoms with Crippen molar-refractivity contribution in [2.45, 2.75) is 151 Å². The van der Waals surface area contributed by atoms with Crippen LogP contribution in [0.1, 0.15) is 106 Å². The first kappa shape index (κ1) is 107. The van der Waals surface area contributed by atoms with Gasteiger partial charge in [0, 0.05) is 5.69 Å². The van der Waals surface area contributed by atoms with Gasteiger partial charge in [-0.3, -0.25) is 4.79 Å². The highest BCUT2D eigenvalue weighted by Crippen LogP contribution is 2.36. The molecule has 17 aromatic carbocycles. The van der Waals surface area contributed by atoms with Crippen LogP contribution >= 0.6 is 0 Å². The molecule has 0 aliphatic heterocycles. The van der Waals surface area contributed by atoms with Gasteiger partial charge in [0.25, 0.3) is 5.91 Å². The molecule has 142 heavy (non-hydrogen) atoms. The number of carbonyl (C=O) groups is 3. The lowest BCUT2D eigenvalue weighted by atomic mass is 9.99. The molecule has 18 nitrogen and oxygen atoms in total. The maximum atomic E-state index is 12.1. The SMILES string of the molecule is CCC(C)c1ccc(OCC(=O)Nc2ccc(S(=O)(=O)[O-])c(C)c2)cc1.CCC(C)c1ccc(OCC(=O)Oc2ccc3cc(S(=O)(=O)[O-])ccc3c2)cc1.CCC(C)c1ccc(OCC(=O)Oc2ccc3ccc(S(=O)(=O)[O-])cc3c2)cc1.Cc1ccc([S+](c2ccccc2)c2ccccc2)cc1.c1ccc([S+](c2ccccc2)c2ccccc2)cc1.c1ccc([S+](c2ccccc2)c2ccccc2)cc1. The zero-order valence-corrected chi connectivity index (χ0v) is 84.8. The van der Waals surface area contributed by atoms with E-state index in [1.807, 2.05) is 72.8 Å². The third kappa shape index (κ3) is 32.5. The summed E-state index contributed by atoms with van der Waals surface area (Å²) >= 11 is 0. The van der Waals surface area contributed by atoms with E-state index >= 15 is 0 Å². The Morgan fingerprint density at radius 1 is 0.282 bits per heavy atom. The molecule has 1 amide bonds. The minimum atomic E-state index is -4.56. The van der Waals surface area contributed by atoms with E-state index in [9.17, 15) is 53.3 Å². The number of anilines is 1. The summed E-state index contributed by atoms with van der Waals surface area (Å²) in [6.07, 6.45) is 3.14. The van der Waals surface area contributed by atoms with E-state index in [1.54, 1.807) is 24.3 Å². The summed E-state index contributed by atoms with van der Waals surface area (Å²) in [4.78, 5) is 47.4. The van der Waals surface area contributed by atoms with Gasteiger partial charge in [0.1, 0.15) is 59.1 Å². The van der Waals surface area contributed by atoms with Crippen LogP contribution < -0.4 is 29.0 Å². The van der Waals surface area contributed by atoms with Crippen LogP contribution in [0.15, 0.2) is 489 Å². The number of amides is 1. The van der Waals surface area contributed by atoms with E-state index < -0.39 is 42.3 Å². The van der Waals surface area contributed by atoms with Crippen molar-refractivity contribution >= 4 is 108 Å². The average Bonchev–Trinajstić information content (AvgIpc) is 0.812. The minimum Gasteiger partial charge on any atom is -0.744 e. The molecule has 0 aliphatic rings. The van der Waals surface area contributed by atoms with Gasteiger partial charge in [-0.05, 0) is 307 Å². The number of carbonyl (C=O) groups excluding carboxylic acids is 3. The van der Waals surface area contributed by atoms with Gasteiger partial charge in [0.2, 0.25) is 0 Å². The molecule has 0 saturated heterocycles. The molecule has 0 spiro atoms. The van der Waals surface area contributed by atoms with Crippen molar-refractivity contribution in [2.24, 2.45) is 0 Å². The predicted octanol–water partition coefficient (Wildman–Crippen LogP) is 26.6. The Balaban J connectivity index is 0.000000153. The standard InChI is InChI=1S/2C22H22O6S.C19H23NO5S.C19H17S.2C18H15S/c1-3-15(2)16-4-8-19(9-5-16)27-14-22(23)28-20-10-6-18-13-21(29(24,25)26)11-7-17(18)12-20;1-3-15(2)16-4-8-19(9-5-16)27-14-22(23)28-20-10-6-17-7-11-21(29(24,25)26)13-18(17)12-20;1-4-13(2)15-5-8-17(9-6-15)25-12-19(21)20-16-7-10-18(14(3)11-16)26(22,23)24;1-16-12-14-19(15-13-16)20(17-8-4-2-5-9-17)18-10-6-3-7-11-18;2*1-4-10-16(11-5-1)19(17-12-6-2-7-13-17)18-14-8-3-9-15-18/h2*4-13,15H,3,14H2,1-2H3,(H,24,25,26);5-11,13H,4,12H2,1-3H3,(H,20,21)(H,22,23,24);2-15H,1H3;2*1-15H/q;;;3*+1/p-3. The van der Waals surface area contributed by atoms with Crippen molar-refractivity contribution in [2.75, 3.05) is 25.1 Å². The highest BCUT2D eigenvalue weighted by Gasteiger charge is 2.31. The van der Waals surface area contributed by atoms with Gasteiger partial charge in [0.15, 0.2) is 63.9 Å². The molecule has 0 heterocycles. The van der Waals surface area contributed by atoms with Crippen LogP contribution in [0.25, 0.3) is 21.5 Å². The van der Waals surface area contributed by atoms with Gasteiger partial charge < -0.3 is 42.7 Å². The van der Waals surface area contributed by atoms with Crippen LogP contribution in [0.3, 0.4) is 0 Å². The summed E-state index contributed by atoms with van der Waals surface area (Å²) < 4.78 is 127. The molecular formula is C118H111NO17S6. The number of nitrogens with one attached hydrogen (secondary N) is 1. The fourth-order valence-electron chi connectivity index (χ4n) is 14.5. The maximum Gasteiger partial charge on any atom is 0.349 e. The van der Waals surface area contributed by atoms with E-state index in [-0.39, 0.29) is 84.4 Å². The fourth-order valence-corrected chi connectivity index (χ4v) is 22.5. The maximum absolute atomic E-state index is 12.1. The number of benzene rings is 17. The normalized spacial score (nSPS) is 11.7. The number of ether oxygens (including phenoxy) is 5. The van der Waals surface area contributed by atoms with Crippen LogP contribution in [0.2, 0.25) is 0 Å². The summed E-state index contributed by atoms with van der Waals surface area (Å²) in [7, 11) is -13.7. The van der Waals surface area contributed by atoms with Gasteiger partial charge in [-0.15, -0.1) is 0 Å². The molecule has 3 unspecified atom stereocenters. The number of rotatable bonds is 30. The second-order valence-electron chi connectivity index (χ2n) is 32.9. The first-order valence-electron chi connectivity index (χ1n) is 46.1. The monoisotopic (exact) mass is 2010 g/mol. The van der Waals surface area contributed by atoms with Crippen molar-refractivity contribution in [1.82, 2.24) is 0 Å². The van der Waals surface area contributed by atoms with Crippen molar-refractivity contribution in [3.8, 4) is 28.7 Å². The lowest BCUT2D eigenvalue weighted by Gasteiger charge is -2.13. The van der Waals surface area contributed by atoms with E-state index in [2.05, 4.69) is 321 Å². The van der Waals surface area contributed by atoms with Crippen LogP contribution in [0, 0.1) is 13.8 Å². The molecule has 17 rings (SSSR count). The molecule has 0 saturated carbocycles. The highest BCUT2D eigenvalue weighted by molar-refractivity contribution is 7.97. The van der Waals surface area contributed by atoms with Crippen LogP contribution in [-0.4, -0.2) is 76.6 Å². The third-order valence-electron chi connectivity index (χ3n) is 22.7. The Morgan fingerprint density at radius 3 is 0.852 bits per heavy atom. The summed E-state index contributed by atoms with van der Waals surface area (Å²) in [5.74, 6) is 2.13. The second kappa shape index (κ2) is 52.9. The molecule has 24 heteroatoms. The molecule has 0 radical (unpaired) electrons. The van der Waals surface area contributed by atoms with Crippen molar-refractivity contribution in [1.29, 1.82) is 0 Å². The van der Waals surface area contributed by atoms with E-state index in [0.717, 1.165) is 24.6 Å². The Hall–Kier alpha value is -14.2. The first-order valence-corrected chi connectivity index (χ1v) is 54.0. The van der Waals surface area contributed by atoms with Gasteiger partial charge >= 0.3 is 11.9 Å². The molecule has 726 valence electrons.